The van der Waals surface area contributed by atoms with E-state index in [1.54, 1.807) is 18.4 Å². The zero-order valence-electron chi connectivity index (χ0n) is 16.9. The van der Waals surface area contributed by atoms with Crippen LogP contribution in [0.15, 0.2) is 17.5 Å². The largest absolute Gasteiger partial charge is 0.493 e. The van der Waals surface area contributed by atoms with E-state index in [1.807, 2.05) is 0 Å². The summed E-state index contributed by atoms with van der Waals surface area (Å²) < 4.78 is 16.0. The number of aromatic nitrogens is 1. The number of rotatable bonds is 10. The zero-order chi connectivity index (χ0) is 21.4. The summed E-state index contributed by atoms with van der Waals surface area (Å²) in [5.74, 6) is 0.541. The zero-order valence-corrected chi connectivity index (χ0v) is 18.5. The van der Waals surface area contributed by atoms with Gasteiger partial charge in [-0.25, -0.2) is 4.98 Å². The number of anilines is 1. The van der Waals surface area contributed by atoms with E-state index in [-0.39, 0.29) is 12.4 Å². The van der Waals surface area contributed by atoms with Crippen LogP contribution in [0.3, 0.4) is 0 Å². The quantitative estimate of drug-likeness (QED) is 0.544. The van der Waals surface area contributed by atoms with Crippen molar-refractivity contribution in [1.82, 2.24) is 4.98 Å². The molecule has 0 unspecified atom stereocenters. The molecule has 0 aliphatic rings. The number of esters is 1. The van der Waals surface area contributed by atoms with Crippen LogP contribution in [-0.2, 0) is 16.0 Å². The normalized spacial score (nSPS) is 10.7. The molecule has 7 nitrogen and oxygen atoms in total. The Labute approximate surface area is 179 Å². The average molecular weight is 441 g/mol. The van der Waals surface area contributed by atoms with Crippen molar-refractivity contribution in [2.75, 3.05) is 25.6 Å². The van der Waals surface area contributed by atoms with Crippen molar-refractivity contribution in [1.29, 1.82) is 0 Å². The molecule has 0 spiro atoms. The number of amides is 1. The lowest BCUT2D eigenvalue weighted by atomic mass is 10.1. The number of thiazole rings is 1. The number of nitrogens with one attached hydrogen (secondary N) is 1. The summed E-state index contributed by atoms with van der Waals surface area (Å²) in [6.45, 7) is 6.76. The number of carbonyl (C=O) groups is 2. The van der Waals surface area contributed by atoms with Gasteiger partial charge in [0, 0.05) is 10.9 Å². The highest BCUT2D eigenvalue weighted by Gasteiger charge is 2.17. The van der Waals surface area contributed by atoms with Gasteiger partial charge < -0.3 is 14.2 Å². The Balaban J connectivity index is 2.08. The molecule has 0 fully saturated rings. The second-order valence-corrected chi connectivity index (χ2v) is 7.87. The molecule has 0 aliphatic heterocycles. The Morgan fingerprint density at radius 2 is 2.07 bits per heavy atom. The van der Waals surface area contributed by atoms with Crippen molar-refractivity contribution in [2.24, 2.45) is 5.92 Å². The summed E-state index contributed by atoms with van der Waals surface area (Å²) in [6, 6.07) is 3.09. The van der Waals surface area contributed by atoms with Crippen molar-refractivity contribution in [3.05, 3.63) is 33.8 Å². The number of halogens is 1. The molecule has 1 N–H and O–H groups in total. The van der Waals surface area contributed by atoms with Gasteiger partial charge in [-0.1, -0.05) is 25.4 Å². The molecule has 9 heteroatoms. The van der Waals surface area contributed by atoms with Crippen LogP contribution >= 0.6 is 22.9 Å². The van der Waals surface area contributed by atoms with E-state index in [1.165, 1.54) is 24.5 Å². The van der Waals surface area contributed by atoms with Crippen LogP contribution in [0.2, 0.25) is 5.02 Å². The van der Waals surface area contributed by atoms with Crippen LogP contribution in [0.4, 0.5) is 5.13 Å². The first-order valence-electron chi connectivity index (χ1n) is 9.25. The predicted molar refractivity (Wildman–Crippen MR) is 113 cm³/mol. The van der Waals surface area contributed by atoms with E-state index in [9.17, 15) is 9.59 Å². The molecule has 1 amide bonds. The minimum absolute atomic E-state index is 0.0578. The minimum atomic E-state index is -0.393. The first-order valence-corrected chi connectivity index (χ1v) is 10.5. The highest BCUT2D eigenvalue weighted by Crippen LogP contribution is 2.37. The molecule has 29 heavy (non-hydrogen) atoms. The number of ether oxygens (including phenoxy) is 3. The van der Waals surface area contributed by atoms with Gasteiger partial charge in [-0.3, -0.25) is 14.9 Å². The van der Waals surface area contributed by atoms with Crippen LogP contribution in [0.5, 0.6) is 11.5 Å². The SMILES string of the molecule is CCOC(=O)Cc1csc(NC(=O)c2cc(Cl)c(OCCC(C)C)c(OC)c2)n1. The van der Waals surface area contributed by atoms with Gasteiger partial charge in [0.15, 0.2) is 16.6 Å². The molecule has 0 saturated heterocycles. The Morgan fingerprint density at radius 1 is 1.31 bits per heavy atom. The predicted octanol–water partition coefficient (Wildman–Crippen LogP) is 4.59. The van der Waals surface area contributed by atoms with Crippen LogP contribution in [-0.4, -0.2) is 37.2 Å². The van der Waals surface area contributed by atoms with E-state index in [4.69, 9.17) is 25.8 Å². The van der Waals surface area contributed by atoms with Gasteiger partial charge >= 0.3 is 5.97 Å². The number of carbonyl (C=O) groups excluding carboxylic acids is 2. The number of hydrogen-bond donors (Lipinski definition) is 1. The van der Waals surface area contributed by atoms with Gasteiger partial charge in [-0.2, -0.15) is 0 Å². The summed E-state index contributed by atoms with van der Waals surface area (Å²) in [5, 5.41) is 5.07. The molecule has 1 heterocycles. The number of nitrogens with zero attached hydrogens (tertiary/aromatic N) is 1. The highest BCUT2D eigenvalue weighted by atomic mass is 35.5. The van der Waals surface area contributed by atoms with Gasteiger partial charge in [0.05, 0.1) is 37.5 Å². The fraction of sp³-hybridized carbons (Fsp3) is 0.450. The monoisotopic (exact) mass is 440 g/mol. The molecule has 1 aromatic carbocycles. The molecule has 0 radical (unpaired) electrons. The maximum atomic E-state index is 12.6. The molecule has 0 bridgehead atoms. The van der Waals surface area contributed by atoms with E-state index < -0.39 is 5.91 Å². The first-order chi connectivity index (χ1) is 13.8. The van der Waals surface area contributed by atoms with Crippen LogP contribution in [0.1, 0.15) is 43.2 Å². The van der Waals surface area contributed by atoms with Crippen molar-refractivity contribution in [3.63, 3.8) is 0 Å². The Kier molecular flexibility index (Phi) is 8.72. The van der Waals surface area contributed by atoms with Crippen LogP contribution in [0, 0.1) is 5.92 Å². The Morgan fingerprint density at radius 3 is 2.72 bits per heavy atom. The molecule has 2 aromatic rings. The summed E-state index contributed by atoms with van der Waals surface area (Å²) >= 11 is 7.54. The van der Waals surface area contributed by atoms with Crippen molar-refractivity contribution < 1.29 is 23.8 Å². The molecular weight excluding hydrogens is 416 g/mol. The third kappa shape index (κ3) is 6.90. The lowest BCUT2D eigenvalue weighted by Crippen LogP contribution is -2.13. The molecule has 158 valence electrons. The fourth-order valence-electron chi connectivity index (χ4n) is 2.36. The second-order valence-electron chi connectivity index (χ2n) is 6.60. The second kappa shape index (κ2) is 11.0. The smallest absolute Gasteiger partial charge is 0.311 e. The van der Waals surface area contributed by atoms with Gasteiger partial charge in [0.25, 0.3) is 5.91 Å². The summed E-state index contributed by atoms with van der Waals surface area (Å²) in [6.07, 6.45) is 0.933. The highest BCUT2D eigenvalue weighted by molar-refractivity contribution is 7.14. The standard InChI is InChI=1S/C20H25ClN2O5S/c1-5-27-17(24)10-14-11-29-20(22-14)23-19(25)13-8-15(21)18(16(9-13)26-4)28-7-6-12(2)3/h8-9,11-12H,5-7,10H2,1-4H3,(H,22,23,25). The van der Waals surface area contributed by atoms with E-state index in [0.717, 1.165) is 6.42 Å². The summed E-state index contributed by atoms with van der Waals surface area (Å²) in [5.41, 5.74) is 0.846. The van der Waals surface area contributed by atoms with E-state index in [0.29, 0.717) is 52.0 Å². The molecule has 1 aromatic heterocycles. The van der Waals surface area contributed by atoms with Crippen molar-refractivity contribution in [2.45, 2.75) is 33.6 Å². The molecule has 0 aliphatic carbocycles. The Bertz CT molecular complexity index is 853. The van der Waals surface area contributed by atoms with Gasteiger partial charge in [0.2, 0.25) is 0 Å². The van der Waals surface area contributed by atoms with Gasteiger partial charge in [-0.05, 0) is 31.4 Å². The van der Waals surface area contributed by atoms with E-state index >= 15 is 0 Å². The molecular formula is C20H25ClN2O5S. The number of benzene rings is 1. The number of hydrogen-bond acceptors (Lipinski definition) is 7. The molecule has 2 rings (SSSR count). The van der Waals surface area contributed by atoms with Gasteiger partial charge in [-0.15, -0.1) is 11.3 Å². The van der Waals surface area contributed by atoms with E-state index in [2.05, 4.69) is 24.1 Å². The minimum Gasteiger partial charge on any atom is -0.493 e. The first kappa shape index (κ1) is 23.0. The Hall–Kier alpha value is -2.32. The lowest BCUT2D eigenvalue weighted by molar-refractivity contribution is -0.142. The number of methoxy groups -OCH3 is 1. The summed E-state index contributed by atoms with van der Waals surface area (Å²) in [7, 11) is 1.49. The van der Waals surface area contributed by atoms with Crippen LogP contribution < -0.4 is 14.8 Å². The third-order valence-electron chi connectivity index (χ3n) is 3.84. The van der Waals surface area contributed by atoms with Crippen LogP contribution in [0.25, 0.3) is 0 Å². The lowest BCUT2D eigenvalue weighted by Gasteiger charge is -2.14. The third-order valence-corrected chi connectivity index (χ3v) is 4.92. The summed E-state index contributed by atoms with van der Waals surface area (Å²) in [4.78, 5) is 28.4. The maximum Gasteiger partial charge on any atom is 0.311 e. The molecule has 0 atom stereocenters. The fourth-order valence-corrected chi connectivity index (χ4v) is 3.33. The topological polar surface area (TPSA) is 86.8 Å². The van der Waals surface area contributed by atoms with Crippen molar-refractivity contribution >= 4 is 39.9 Å². The van der Waals surface area contributed by atoms with Gasteiger partial charge in [0.1, 0.15) is 0 Å². The average Bonchev–Trinajstić information content (AvgIpc) is 3.09. The molecule has 0 saturated carbocycles. The maximum absolute atomic E-state index is 12.6. The van der Waals surface area contributed by atoms with Crippen molar-refractivity contribution in [3.8, 4) is 11.5 Å².